The van der Waals surface area contributed by atoms with E-state index in [4.69, 9.17) is 0 Å². The van der Waals surface area contributed by atoms with Gasteiger partial charge in [0.05, 0.1) is 11.0 Å². The van der Waals surface area contributed by atoms with Gasteiger partial charge in [-0.3, -0.25) is 0 Å². The van der Waals surface area contributed by atoms with Crippen molar-refractivity contribution in [1.29, 1.82) is 0 Å². The number of aryl methyl sites for hydroxylation is 2. The van der Waals surface area contributed by atoms with Crippen LogP contribution in [0.3, 0.4) is 0 Å². The molecule has 0 aliphatic carbocycles. The zero-order valence-electron chi connectivity index (χ0n) is 25.1. The second-order valence-electron chi connectivity index (χ2n) is 11.9. The minimum atomic E-state index is -2.30. The summed E-state index contributed by atoms with van der Waals surface area (Å²) in [6.45, 7) is 6.24. The van der Waals surface area contributed by atoms with Crippen LogP contribution in [-0.2, 0) is 0 Å². The van der Waals surface area contributed by atoms with Gasteiger partial charge in [0, 0.05) is 32.9 Å². The predicted molar refractivity (Wildman–Crippen MR) is 162 cm³/mol. The highest BCUT2D eigenvalue weighted by molar-refractivity contribution is 6.32. The van der Waals surface area contributed by atoms with Crippen molar-refractivity contribution in [3.05, 3.63) is 117 Å². The lowest BCUT2D eigenvalue weighted by molar-refractivity contribution is 0.376. The number of halogens is 10. The Kier molecular flexibility index (Phi) is 6.05. The minimum Gasteiger partial charge on any atom is -0.308 e. The van der Waals surface area contributed by atoms with E-state index in [9.17, 15) is 26.3 Å². The van der Waals surface area contributed by atoms with Gasteiger partial charge in [0.1, 0.15) is 11.4 Å². The lowest BCUT2D eigenvalue weighted by Crippen LogP contribution is -2.11. The molecule has 2 aromatic heterocycles. The van der Waals surface area contributed by atoms with Crippen LogP contribution in [0.5, 0.6) is 0 Å². The van der Waals surface area contributed by atoms with Crippen LogP contribution in [-0.4, -0.2) is 9.13 Å². The van der Waals surface area contributed by atoms with Gasteiger partial charge in [-0.2, -0.15) is 0 Å². The number of nitrogens with zero attached hydrogens (tertiary/aromatic N) is 2. The Hall–Kier alpha value is -5.26. The van der Waals surface area contributed by atoms with E-state index >= 15 is 17.6 Å². The molecular formula is C36H18F10N2. The Morgan fingerprint density at radius 2 is 0.667 bits per heavy atom. The van der Waals surface area contributed by atoms with Crippen molar-refractivity contribution in [2.24, 2.45) is 0 Å². The minimum absolute atomic E-state index is 0.137. The van der Waals surface area contributed by atoms with E-state index in [0.29, 0.717) is 54.2 Å². The smallest absolute Gasteiger partial charge is 0.200 e. The second kappa shape index (κ2) is 9.65. The Bertz CT molecular complexity index is 2520. The first-order valence-electron chi connectivity index (χ1n) is 14.5. The molecule has 2 heterocycles. The first-order chi connectivity index (χ1) is 22.7. The highest BCUT2D eigenvalue weighted by atomic mass is 19.2. The number of hydrogen-bond acceptors (Lipinski definition) is 0. The Morgan fingerprint density at radius 1 is 0.375 bits per heavy atom. The van der Waals surface area contributed by atoms with E-state index in [-0.39, 0.29) is 22.4 Å². The summed E-state index contributed by atoms with van der Waals surface area (Å²) >= 11 is 0. The van der Waals surface area contributed by atoms with Gasteiger partial charge < -0.3 is 9.13 Å². The Labute approximate surface area is 263 Å². The molecule has 0 aliphatic rings. The summed E-state index contributed by atoms with van der Waals surface area (Å²) in [5.41, 5.74) is -0.622. The van der Waals surface area contributed by atoms with Crippen LogP contribution in [0.1, 0.15) is 22.5 Å². The predicted octanol–water partition coefficient (Wildman–Crippen LogP) is 11.1. The van der Waals surface area contributed by atoms with E-state index in [1.807, 2.05) is 0 Å². The van der Waals surface area contributed by atoms with Gasteiger partial charge in [-0.1, -0.05) is 24.3 Å². The summed E-state index contributed by atoms with van der Waals surface area (Å²) in [5.74, 6) is -21.1. The molecule has 8 aromatic rings. The van der Waals surface area contributed by atoms with Gasteiger partial charge in [0.25, 0.3) is 0 Å². The van der Waals surface area contributed by atoms with Crippen LogP contribution >= 0.6 is 0 Å². The molecule has 0 saturated heterocycles. The summed E-state index contributed by atoms with van der Waals surface area (Å²) in [4.78, 5) is 0. The normalized spacial score (nSPS) is 12.4. The fraction of sp³-hybridized carbons (Fsp3) is 0.111. The van der Waals surface area contributed by atoms with Crippen molar-refractivity contribution in [2.45, 2.75) is 27.7 Å². The molecule has 0 atom stereocenters. The van der Waals surface area contributed by atoms with Crippen molar-refractivity contribution in [2.75, 3.05) is 0 Å². The number of benzene rings is 6. The molecule has 0 aliphatic heterocycles. The summed E-state index contributed by atoms with van der Waals surface area (Å²) in [5, 5.41) is 3.79. The standard InChI is InChI=1S/C36H18F10N2/c1-11-13(3)47(35-29(43)25(39)23(37)26(40)30(35)44)33-17-7-6-16-10-20-12(2)14(4)48(36-31(45)27(41)24(38)28(42)32(36)46)34(20)18-8-5-15(9-19(11)33)21(17)22(16)18/h5-10H,1-4H3. The lowest BCUT2D eigenvalue weighted by atomic mass is 9.91. The zero-order valence-corrected chi connectivity index (χ0v) is 25.1. The summed E-state index contributed by atoms with van der Waals surface area (Å²) in [6, 6.07) is 10.0. The SMILES string of the molecule is Cc1c(C)n(-c2c(F)c(F)c(F)c(F)c2F)c2c1cc1ccc3c4c(ccc2c14)cc1c(C)c(C)n(-c2c(F)c(F)c(F)c(F)c2F)c13. The molecule has 0 amide bonds. The molecule has 0 radical (unpaired) electrons. The maximum absolute atomic E-state index is 15.3. The number of hydrogen-bond donors (Lipinski definition) is 0. The topological polar surface area (TPSA) is 9.86 Å². The van der Waals surface area contributed by atoms with Crippen LogP contribution < -0.4 is 0 Å². The fourth-order valence-corrected chi connectivity index (χ4v) is 7.17. The molecule has 242 valence electrons. The van der Waals surface area contributed by atoms with Gasteiger partial charge in [-0.05, 0) is 72.5 Å². The molecule has 12 heteroatoms. The second-order valence-corrected chi connectivity index (χ2v) is 11.9. The Balaban J connectivity index is 1.58. The average molecular weight is 669 g/mol. The maximum Gasteiger partial charge on any atom is 0.200 e. The molecule has 2 nitrogen and oxygen atoms in total. The van der Waals surface area contributed by atoms with Gasteiger partial charge in [0.2, 0.25) is 11.6 Å². The van der Waals surface area contributed by atoms with Crippen LogP contribution in [0.2, 0.25) is 0 Å². The van der Waals surface area contributed by atoms with Crippen LogP contribution in [0.4, 0.5) is 43.9 Å². The Morgan fingerprint density at radius 3 is 0.979 bits per heavy atom. The summed E-state index contributed by atoms with van der Waals surface area (Å²) < 4.78 is 149. The lowest BCUT2D eigenvalue weighted by Gasteiger charge is -2.18. The molecule has 48 heavy (non-hydrogen) atoms. The van der Waals surface area contributed by atoms with Crippen molar-refractivity contribution in [1.82, 2.24) is 9.13 Å². The van der Waals surface area contributed by atoms with Crippen molar-refractivity contribution in [3.8, 4) is 11.4 Å². The largest absolute Gasteiger partial charge is 0.308 e. The molecule has 0 unspecified atom stereocenters. The molecule has 0 fully saturated rings. The number of rotatable bonds is 2. The molecule has 6 aromatic carbocycles. The van der Waals surface area contributed by atoms with E-state index in [0.717, 1.165) is 9.13 Å². The van der Waals surface area contributed by atoms with E-state index in [1.54, 1.807) is 50.2 Å². The van der Waals surface area contributed by atoms with Crippen molar-refractivity contribution in [3.63, 3.8) is 0 Å². The van der Waals surface area contributed by atoms with Gasteiger partial charge in [0.15, 0.2) is 46.5 Å². The molecule has 0 saturated carbocycles. The molecule has 8 rings (SSSR count). The highest BCUT2D eigenvalue weighted by Crippen LogP contribution is 2.46. The maximum atomic E-state index is 15.3. The average Bonchev–Trinajstić information content (AvgIpc) is 3.47. The third kappa shape index (κ3) is 3.44. The van der Waals surface area contributed by atoms with Gasteiger partial charge in [-0.15, -0.1) is 0 Å². The quantitative estimate of drug-likeness (QED) is 0.0751. The van der Waals surface area contributed by atoms with Gasteiger partial charge in [-0.25, -0.2) is 43.9 Å². The van der Waals surface area contributed by atoms with Crippen molar-refractivity contribution >= 4 is 54.1 Å². The number of fused-ring (bicyclic) bond motifs is 4. The first-order valence-corrected chi connectivity index (χ1v) is 14.5. The molecular weight excluding hydrogens is 650 g/mol. The summed E-state index contributed by atoms with van der Waals surface area (Å²) in [6.07, 6.45) is 0. The highest BCUT2D eigenvalue weighted by Gasteiger charge is 2.32. The fourth-order valence-electron chi connectivity index (χ4n) is 7.17. The van der Waals surface area contributed by atoms with Crippen molar-refractivity contribution < 1.29 is 43.9 Å². The number of aromatic nitrogens is 2. The zero-order chi connectivity index (χ0) is 34.4. The van der Waals surface area contributed by atoms with Gasteiger partial charge >= 0.3 is 0 Å². The van der Waals surface area contributed by atoms with E-state index in [1.165, 1.54) is 13.8 Å². The van der Waals surface area contributed by atoms with E-state index in [2.05, 4.69) is 0 Å². The molecule has 0 N–H and O–H groups in total. The molecule has 0 spiro atoms. The monoisotopic (exact) mass is 668 g/mol. The first kappa shape index (κ1) is 30.1. The van der Waals surface area contributed by atoms with Crippen LogP contribution in [0, 0.1) is 85.9 Å². The van der Waals surface area contributed by atoms with Crippen LogP contribution in [0.15, 0.2) is 36.4 Å². The molecule has 0 bridgehead atoms. The third-order valence-corrected chi connectivity index (χ3v) is 9.68. The summed E-state index contributed by atoms with van der Waals surface area (Å²) in [7, 11) is 0. The van der Waals surface area contributed by atoms with E-state index < -0.39 is 69.5 Å². The third-order valence-electron chi connectivity index (χ3n) is 9.68. The van der Waals surface area contributed by atoms with Crippen LogP contribution in [0.25, 0.3) is 65.5 Å².